The number of rotatable bonds is 2. The largest absolute Gasteiger partial charge is 0.376 e. The lowest BCUT2D eigenvalue weighted by Crippen LogP contribution is -2.18. The highest BCUT2D eigenvalue weighted by Gasteiger charge is 2.11. The molecule has 0 bridgehead atoms. The van der Waals surface area contributed by atoms with Gasteiger partial charge < -0.3 is 4.90 Å². The van der Waals surface area contributed by atoms with Crippen LogP contribution in [0.3, 0.4) is 0 Å². The molecule has 0 aliphatic carbocycles. The smallest absolute Gasteiger partial charge is 0.264 e. The highest BCUT2D eigenvalue weighted by Crippen LogP contribution is 2.19. The molecule has 5 heteroatoms. The molecule has 2 nitrogen and oxygen atoms in total. The summed E-state index contributed by atoms with van der Waals surface area (Å²) in [6.07, 6.45) is -0.909. The Morgan fingerprint density at radius 3 is 2.54 bits per heavy atom. The van der Waals surface area contributed by atoms with Gasteiger partial charge in [-0.3, -0.25) is 4.98 Å². The van der Waals surface area contributed by atoms with E-state index in [1.165, 1.54) is 6.07 Å². The molecule has 1 aromatic heterocycles. The summed E-state index contributed by atoms with van der Waals surface area (Å²) in [6.45, 7) is 0. The molecule has 2 radical (unpaired) electrons. The van der Waals surface area contributed by atoms with Crippen molar-refractivity contribution in [2.24, 2.45) is 0 Å². The van der Waals surface area contributed by atoms with Crippen LogP contribution < -0.4 is 9.46 Å². The molecule has 0 N–H and O–H groups in total. The highest BCUT2D eigenvalue weighted by atomic mass is 27.0. The molecule has 0 aliphatic heterocycles. The SMILES string of the molecule is CN(C)c1cn[c]([Al])c(C(F)F)c1. The Balaban J connectivity index is 3.11. The summed E-state index contributed by atoms with van der Waals surface area (Å²) >= 11 is 2.20. The zero-order valence-corrected chi connectivity index (χ0v) is 8.61. The zero-order valence-electron chi connectivity index (χ0n) is 7.46. The first kappa shape index (κ1) is 10.4. The normalized spacial score (nSPS) is 10.5. The van der Waals surface area contributed by atoms with Gasteiger partial charge in [-0.05, 0) is 6.07 Å². The predicted octanol–water partition coefficient (Wildman–Crippen LogP) is 0.879. The number of anilines is 1. The first-order valence-electron chi connectivity index (χ1n) is 3.73. The lowest BCUT2D eigenvalue weighted by molar-refractivity contribution is 0.152. The Hall–Kier alpha value is -0.658. The van der Waals surface area contributed by atoms with Gasteiger partial charge in [0.15, 0.2) is 0 Å². The Labute approximate surface area is 84.0 Å². The number of hydrogen-bond acceptors (Lipinski definition) is 2. The lowest BCUT2D eigenvalue weighted by atomic mass is 10.2. The summed E-state index contributed by atoms with van der Waals surface area (Å²) in [5.41, 5.74) is 0.651. The average molecular weight is 198 g/mol. The summed E-state index contributed by atoms with van der Waals surface area (Å²) in [6, 6.07) is 1.44. The van der Waals surface area contributed by atoms with Gasteiger partial charge in [-0.2, -0.15) is 0 Å². The van der Waals surface area contributed by atoms with Crippen LogP contribution in [0.4, 0.5) is 14.5 Å². The molecule has 0 unspecified atom stereocenters. The van der Waals surface area contributed by atoms with Crippen LogP contribution in [0.2, 0.25) is 0 Å². The number of aromatic nitrogens is 1. The summed E-state index contributed by atoms with van der Waals surface area (Å²) < 4.78 is 25.1. The Morgan fingerprint density at radius 1 is 1.46 bits per heavy atom. The second kappa shape index (κ2) is 4.03. The molecule has 0 amide bonds. The molecule has 0 aliphatic rings. The number of hydrogen-bond donors (Lipinski definition) is 0. The minimum atomic E-state index is -2.47. The fourth-order valence-corrected chi connectivity index (χ4v) is 1.18. The van der Waals surface area contributed by atoms with Gasteiger partial charge in [-0.25, -0.2) is 8.78 Å². The molecule has 1 aromatic rings. The number of alkyl halides is 2. The Bertz CT molecular complexity index is 302. The first-order chi connectivity index (χ1) is 6.02. The monoisotopic (exact) mass is 198 g/mol. The van der Waals surface area contributed by atoms with Gasteiger partial charge in [-0.1, -0.05) is 4.56 Å². The van der Waals surface area contributed by atoms with Crippen LogP contribution in [-0.2, 0) is 0 Å². The fourth-order valence-electron chi connectivity index (χ4n) is 0.900. The summed E-state index contributed by atoms with van der Waals surface area (Å²) in [5.74, 6) is 0. The van der Waals surface area contributed by atoms with Crippen LogP contribution in [-0.4, -0.2) is 35.4 Å². The van der Waals surface area contributed by atoms with E-state index in [1.54, 1.807) is 25.2 Å². The topological polar surface area (TPSA) is 16.1 Å². The van der Waals surface area contributed by atoms with Crippen LogP contribution in [0.1, 0.15) is 12.0 Å². The lowest BCUT2D eigenvalue weighted by Gasteiger charge is -2.14. The molecule has 1 heterocycles. The standard InChI is InChI=1S/C8H9F2N2.Al/c1-12(2)7-3-6(8(9)10)4-11-5-7;/h3,5,8H,1-2H3;. The van der Waals surface area contributed by atoms with Gasteiger partial charge in [0.05, 0.1) is 5.69 Å². The van der Waals surface area contributed by atoms with E-state index < -0.39 is 6.43 Å². The Morgan fingerprint density at radius 2 is 2.08 bits per heavy atom. The van der Waals surface area contributed by atoms with Gasteiger partial charge in [0.25, 0.3) is 6.43 Å². The van der Waals surface area contributed by atoms with E-state index in [-0.39, 0.29) is 5.56 Å². The Kier molecular flexibility index (Phi) is 3.23. The van der Waals surface area contributed by atoms with Crippen LogP contribution in [0.25, 0.3) is 0 Å². The molecule has 0 atom stereocenters. The van der Waals surface area contributed by atoms with E-state index in [4.69, 9.17) is 0 Å². The van der Waals surface area contributed by atoms with Crippen molar-refractivity contribution in [3.8, 4) is 0 Å². The van der Waals surface area contributed by atoms with Crippen molar-refractivity contribution in [1.29, 1.82) is 0 Å². The van der Waals surface area contributed by atoms with Crippen molar-refractivity contribution in [2.45, 2.75) is 6.43 Å². The van der Waals surface area contributed by atoms with Crippen molar-refractivity contribution < 1.29 is 8.78 Å². The molecule has 0 spiro atoms. The zero-order chi connectivity index (χ0) is 10.0. The van der Waals surface area contributed by atoms with Crippen molar-refractivity contribution in [3.05, 3.63) is 17.8 Å². The molecule has 13 heavy (non-hydrogen) atoms. The average Bonchev–Trinajstić information content (AvgIpc) is 2.04. The third-order valence-electron chi connectivity index (χ3n) is 1.69. The molecular weight excluding hydrogens is 189 g/mol. The minimum Gasteiger partial charge on any atom is -0.376 e. The van der Waals surface area contributed by atoms with Crippen LogP contribution in [0.15, 0.2) is 12.3 Å². The number of pyridine rings is 1. The second-order valence-corrected chi connectivity index (χ2v) is 3.41. The molecule has 0 fully saturated rings. The third-order valence-corrected chi connectivity index (χ3v) is 2.17. The molecular formula is C8H9AlF2N2. The number of halogens is 2. The fraction of sp³-hybridized carbons (Fsp3) is 0.375. The van der Waals surface area contributed by atoms with Crippen LogP contribution in [0, 0.1) is 0 Å². The van der Waals surface area contributed by atoms with Gasteiger partial charge in [0.1, 0.15) is 0 Å². The van der Waals surface area contributed by atoms with E-state index >= 15 is 0 Å². The molecule has 0 saturated heterocycles. The third kappa shape index (κ3) is 2.39. The highest BCUT2D eigenvalue weighted by molar-refractivity contribution is 6.31. The first-order valence-corrected chi connectivity index (χ1v) is 4.31. The van der Waals surface area contributed by atoms with E-state index in [0.717, 1.165) is 0 Å². The van der Waals surface area contributed by atoms with E-state index in [9.17, 15) is 8.78 Å². The van der Waals surface area contributed by atoms with E-state index in [1.807, 2.05) is 0 Å². The second-order valence-electron chi connectivity index (χ2n) is 2.86. The van der Waals surface area contributed by atoms with Crippen molar-refractivity contribution in [3.63, 3.8) is 0 Å². The molecule has 68 valence electrons. The van der Waals surface area contributed by atoms with Crippen LogP contribution in [0.5, 0.6) is 0 Å². The van der Waals surface area contributed by atoms with Crippen molar-refractivity contribution in [1.82, 2.24) is 4.98 Å². The molecule has 0 saturated carbocycles. The maximum atomic E-state index is 12.4. The number of nitrogens with zero attached hydrogens (tertiary/aromatic N) is 2. The van der Waals surface area contributed by atoms with E-state index in [2.05, 4.69) is 21.3 Å². The van der Waals surface area contributed by atoms with Crippen LogP contribution >= 0.6 is 0 Å². The quantitative estimate of drug-likeness (QED) is 0.656. The maximum Gasteiger partial charge on any atom is 0.264 e. The summed E-state index contributed by atoms with van der Waals surface area (Å²) in [7, 11) is 3.57. The van der Waals surface area contributed by atoms with Gasteiger partial charge >= 0.3 is 0 Å². The minimum absolute atomic E-state index is 0.0313. The van der Waals surface area contributed by atoms with E-state index in [0.29, 0.717) is 10.2 Å². The summed E-state index contributed by atoms with van der Waals surface area (Å²) in [4.78, 5) is 5.60. The van der Waals surface area contributed by atoms with Gasteiger partial charge in [0, 0.05) is 25.9 Å². The molecule has 1 rings (SSSR count). The van der Waals surface area contributed by atoms with Gasteiger partial charge in [-0.15, -0.1) is 0 Å². The van der Waals surface area contributed by atoms with Gasteiger partial charge in [0.2, 0.25) is 16.3 Å². The molecule has 0 aromatic carbocycles. The predicted molar refractivity (Wildman–Crippen MR) is 48.9 cm³/mol. The van der Waals surface area contributed by atoms with Crippen molar-refractivity contribution in [2.75, 3.05) is 19.0 Å². The summed E-state index contributed by atoms with van der Waals surface area (Å²) in [5, 5.41) is 0. The van der Waals surface area contributed by atoms with Crippen molar-refractivity contribution >= 4 is 26.5 Å². The maximum absolute atomic E-state index is 12.4.